The quantitative estimate of drug-likeness (QED) is 0.250. The number of nitrogens with zero attached hydrogens (tertiary/aromatic N) is 2. The number of methoxy groups -OCH3 is 2. The number of benzene rings is 3. The number of sulfonamides is 1. The molecule has 0 spiro atoms. The first-order valence-electron chi connectivity index (χ1n) is 14.4. The van der Waals surface area contributed by atoms with Gasteiger partial charge in [0, 0.05) is 32.0 Å². The summed E-state index contributed by atoms with van der Waals surface area (Å²) in [6, 6.07) is 22.9. The molecule has 0 aromatic heterocycles. The van der Waals surface area contributed by atoms with Crippen LogP contribution in [-0.2, 0) is 32.6 Å². The molecule has 0 radical (unpaired) electrons. The first kappa shape index (κ1) is 33.5. The van der Waals surface area contributed by atoms with E-state index in [1.807, 2.05) is 68.4 Å². The largest absolute Gasteiger partial charge is 0.497 e. The van der Waals surface area contributed by atoms with Crippen molar-refractivity contribution in [1.82, 2.24) is 10.2 Å². The number of hydrogen-bond donors (Lipinski definition) is 1. The Bertz CT molecular complexity index is 1430. The van der Waals surface area contributed by atoms with E-state index in [9.17, 15) is 18.0 Å². The normalized spacial score (nSPS) is 12.6. The van der Waals surface area contributed by atoms with E-state index in [2.05, 4.69) is 5.32 Å². The predicted octanol–water partition coefficient (Wildman–Crippen LogP) is 4.80. The van der Waals surface area contributed by atoms with Crippen LogP contribution < -0.4 is 19.1 Å². The summed E-state index contributed by atoms with van der Waals surface area (Å²) in [5.74, 6) is 0.786. The van der Waals surface area contributed by atoms with Crippen LogP contribution in [0.2, 0.25) is 0 Å². The Morgan fingerprint density at radius 1 is 0.884 bits per heavy atom. The molecule has 0 aliphatic rings. The Balaban J connectivity index is 1.90. The maximum absolute atomic E-state index is 14.0. The zero-order valence-electron chi connectivity index (χ0n) is 25.7. The van der Waals surface area contributed by atoms with Crippen LogP contribution in [0.25, 0.3) is 0 Å². The van der Waals surface area contributed by atoms with Crippen molar-refractivity contribution >= 4 is 27.5 Å². The minimum Gasteiger partial charge on any atom is -0.497 e. The lowest BCUT2D eigenvalue weighted by Gasteiger charge is -2.33. The highest BCUT2D eigenvalue weighted by molar-refractivity contribution is 7.92. The van der Waals surface area contributed by atoms with Gasteiger partial charge < -0.3 is 19.7 Å². The summed E-state index contributed by atoms with van der Waals surface area (Å²) in [5.41, 5.74) is 2.23. The highest BCUT2D eigenvalue weighted by Gasteiger charge is 2.31. The summed E-state index contributed by atoms with van der Waals surface area (Å²) in [4.78, 5) is 29.3. The molecule has 2 amide bonds. The Hall–Kier alpha value is -4.05. The average molecular weight is 610 g/mol. The molecule has 0 fully saturated rings. The Morgan fingerprint density at radius 3 is 2.14 bits per heavy atom. The van der Waals surface area contributed by atoms with Gasteiger partial charge in [-0.2, -0.15) is 0 Å². The molecule has 3 aromatic carbocycles. The minimum absolute atomic E-state index is 0.0496. The van der Waals surface area contributed by atoms with E-state index in [0.717, 1.165) is 23.8 Å². The molecule has 3 rings (SSSR count). The predicted molar refractivity (Wildman–Crippen MR) is 170 cm³/mol. The summed E-state index contributed by atoms with van der Waals surface area (Å²) in [5, 5.41) is 3.06. The number of amides is 2. The molecule has 2 atom stereocenters. The number of carbonyl (C=O) groups excluding carboxylic acids is 2. The van der Waals surface area contributed by atoms with Crippen molar-refractivity contribution in [2.75, 3.05) is 31.3 Å². The van der Waals surface area contributed by atoms with Crippen LogP contribution in [0.4, 0.5) is 5.69 Å². The number of rotatable bonds is 16. The second kappa shape index (κ2) is 16.0. The minimum atomic E-state index is -3.61. The van der Waals surface area contributed by atoms with Crippen LogP contribution in [0, 0.1) is 0 Å². The average Bonchev–Trinajstić information content (AvgIpc) is 3.00. The maximum Gasteiger partial charge on any atom is 0.243 e. The summed E-state index contributed by atoms with van der Waals surface area (Å²) >= 11 is 0. The number of carbonyl (C=O) groups is 2. The van der Waals surface area contributed by atoms with Gasteiger partial charge in [0.1, 0.15) is 17.5 Å². The van der Waals surface area contributed by atoms with Crippen molar-refractivity contribution in [1.29, 1.82) is 0 Å². The van der Waals surface area contributed by atoms with Crippen LogP contribution in [0.15, 0.2) is 78.9 Å². The van der Waals surface area contributed by atoms with Crippen LogP contribution >= 0.6 is 0 Å². The Morgan fingerprint density at radius 2 is 1.53 bits per heavy atom. The van der Waals surface area contributed by atoms with Gasteiger partial charge in [-0.05, 0) is 67.3 Å². The van der Waals surface area contributed by atoms with E-state index in [1.54, 1.807) is 43.4 Å². The van der Waals surface area contributed by atoms with Gasteiger partial charge in [-0.25, -0.2) is 8.42 Å². The van der Waals surface area contributed by atoms with Crippen LogP contribution in [-0.4, -0.2) is 64.2 Å². The summed E-state index contributed by atoms with van der Waals surface area (Å²) in [6.45, 7) is 4.22. The Kier molecular flexibility index (Phi) is 12.4. The van der Waals surface area contributed by atoms with Gasteiger partial charge in [0.05, 0.1) is 26.2 Å². The third-order valence-electron chi connectivity index (χ3n) is 7.27. The summed E-state index contributed by atoms with van der Waals surface area (Å²) in [7, 11) is -0.488. The molecular formula is C33H43N3O6S. The number of hydrogen-bond acceptors (Lipinski definition) is 6. The molecule has 0 saturated carbocycles. The maximum atomic E-state index is 14.0. The zero-order valence-corrected chi connectivity index (χ0v) is 26.5. The van der Waals surface area contributed by atoms with Gasteiger partial charge >= 0.3 is 0 Å². The SMILES string of the molecule is CC[C@H](C)NC(=O)[C@H](Cc1ccccc1)N(Cc1cccc(OC)c1)C(=O)CCCN(c1ccc(OC)cc1)S(C)(=O)=O. The summed E-state index contributed by atoms with van der Waals surface area (Å²) < 4.78 is 37.2. The molecule has 0 saturated heterocycles. The molecule has 43 heavy (non-hydrogen) atoms. The molecule has 0 unspecified atom stereocenters. The standard InChI is InChI=1S/C33H43N3O6S/c1-6-25(2)34-33(38)31(23-26-12-8-7-9-13-26)35(24-27-14-10-15-30(22-27)42-4)32(37)16-11-21-36(43(5,39)40)28-17-19-29(41-3)20-18-28/h7-10,12-15,17-20,22,25,31H,6,11,16,21,23-24H2,1-5H3,(H,34,38)/t25-,31-/m0/s1. The first-order chi connectivity index (χ1) is 20.5. The second-order valence-corrected chi connectivity index (χ2v) is 12.4. The monoisotopic (exact) mass is 609 g/mol. The fourth-order valence-corrected chi connectivity index (χ4v) is 5.68. The smallest absolute Gasteiger partial charge is 0.243 e. The number of anilines is 1. The van der Waals surface area contributed by atoms with Crippen molar-refractivity contribution in [2.45, 2.75) is 58.2 Å². The van der Waals surface area contributed by atoms with Crippen LogP contribution in [0.1, 0.15) is 44.2 Å². The van der Waals surface area contributed by atoms with E-state index in [4.69, 9.17) is 9.47 Å². The van der Waals surface area contributed by atoms with Crippen LogP contribution in [0.5, 0.6) is 11.5 Å². The van der Waals surface area contributed by atoms with E-state index in [-0.39, 0.29) is 43.8 Å². The zero-order chi connectivity index (χ0) is 31.4. The fourth-order valence-electron chi connectivity index (χ4n) is 4.71. The van der Waals surface area contributed by atoms with Crippen molar-refractivity contribution < 1.29 is 27.5 Å². The topological polar surface area (TPSA) is 105 Å². The van der Waals surface area contributed by atoms with Gasteiger partial charge in [0.2, 0.25) is 21.8 Å². The van der Waals surface area contributed by atoms with Gasteiger partial charge in [0.15, 0.2) is 0 Å². The molecule has 0 aliphatic carbocycles. The van der Waals surface area contributed by atoms with Crippen LogP contribution in [0.3, 0.4) is 0 Å². The van der Waals surface area contributed by atoms with E-state index < -0.39 is 16.1 Å². The molecule has 3 aromatic rings. The molecule has 9 nitrogen and oxygen atoms in total. The number of ether oxygens (including phenoxy) is 2. The van der Waals surface area contributed by atoms with E-state index in [1.165, 1.54) is 4.31 Å². The molecule has 10 heteroatoms. The third kappa shape index (κ3) is 10.0. The van der Waals surface area contributed by atoms with Crippen molar-refractivity contribution in [3.8, 4) is 11.5 Å². The van der Waals surface area contributed by atoms with Gasteiger partial charge in [-0.1, -0.05) is 49.4 Å². The molecule has 1 N–H and O–H groups in total. The third-order valence-corrected chi connectivity index (χ3v) is 8.47. The number of nitrogens with one attached hydrogen (secondary N) is 1. The summed E-state index contributed by atoms with van der Waals surface area (Å²) in [6.07, 6.45) is 2.54. The van der Waals surface area contributed by atoms with Crippen molar-refractivity contribution in [2.24, 2.45) is 0 Å². The Labute approximate surface area is 255 Å². The lowest BCUT2D eigenvalue weighted by atomic mass is 10.0. The highest BCUT2D eigenvalue weighted by Crippen LogP contribution is 2.23. The lowest BCUT2D eigenvalue weighted by molar-refractivity contribution is -0.141. The molecule has 0 bridgehead atoms. The van der Waals surface area contributed by atoms with E-state index in [0.29, 0.717) is 23.6 Å². The molecular weight excluding hydrogens is 566 g/mol. The molecule has 0 heterocycles. The van der Waals surface area contributed by atoms with Gasteiger partial charge in [0.25, 0.3) is 0 Å². The molecule has 0 aliphatic heterocycles. The van der Waals surface area contributed by atoms with Crippen molar-refractivity contribution in [3.63, 3.8) is 0 Å². The molecule has 232 valence electrons. The second-order valence-electron chi connectivity index (χ2n) is 10.5. The highest BCUT2D eigenvalue weighted by atomic mass is 32.2. The van der Waals surface area contributed by atoms with Gasteiger partial charge in [-0.3, -0.25) is 13.9 Å². The first-order valence-corrected chi connectivity index (χ1v) is 16.3. The lowest BCUT2D eigenvalue weighted by Crippen LogP contribution is -2.52. The van der Waals surface area contributed by atoms with E-state index >= 15 is 0 Å². The fraction of sp³-hybridized carbons (Fsp3) is 0.394. The van der Waals surface area contributed by atoms with Gasteiger partial charge in [-0.15, -0.1) is 0 Å². The van der Waals surface area contributed by atoms with Crippen molar-refractivity contribution in [3.05, 3.63) is 90.0 Å².